The topological polar surface area (TPSA) is 24.9 Å². The van der Waals surface area contributed by atoms with Crippen molar-refractivity contribution in [1.82, 2.24) is 4.98 Å². The van der Waals surface area contributed by atoms with E-state index >= 15 is 0 Å². The number of nitrogens with zero attached hydrogens (tertiary/aromatic N) is 1. The summed E-state index contributed by atoms with van der Waals surface area (Å²) >= 11 is 0. The highest BCUT2D eigenvalue weighted by Gasteiger charge is 2.10. The highest BCUT2D eigenvalue weighted by molar-refractivity contribution is 5.43. The molecule has 0 aliphatic carbocycles. The lowest BCUT2D eigenvalue weighted by Gasteiger charge is -2.20. The number of unbranched alkanes of at least 4 members (excludes halogenated alkanes) is 6. The van der Waals surface area contributed by atoms with Crippen molar-refractivity contribution < 1.29 is 0 Å². The van der Waals surface area contributed by atoms with E-state index in [1.807, 2.05) is 12.3 Å². The van der Waals surface area contributed by atoms with Crippen LogP contribution in [0.25, 0.3) is 0 Å². The first-order chi connectivity index (χ1) is 10.3. The van der Waals surface area contributed by atoms with Crippen LogP contribution in [0, 0.1) is 6.92 Å². The van der Waals surface area contributed by atoms with Crippen molar-refractivity contribution >= 4 is 5.82 Å². The van der Waals surface area contributed by atoms with Gasteiger partial charge in [-0.15, -0.1) is 0 Å². The van der Waals surface area contributed by atoms with Crippen LogP contribution in [0.2, 0.25) is 0 Å². The number of hydrogen-bond donors (Lipinski definition) is 1. The predicted octanol–water partition coefficient (Wildman–Crippen LogP) is 6.11. The van der Waals surface area contributed by atoms with Crippen LogP contribution in [-0.2, 0) is 0 Å². The largest absolute Gasteiger partial charge is 0.367 e. The summed E-state index contributed by atoms with van der Waals surface area (Å²) in [7, 11) is 0. The maximum Gasteiger partial charge on any atom is 0.129 e. The quantitative estimate of drug-likeness (QED) is 0.470. The number of anilines is 1. The van der Waals surface area contributed by atoms with Crippen LogP contribution >= 0.6 is 0 Å². The van der Waals surface area contributed by atoms with Crippen molar-refractivity contribution in [2.75, 3.05) is 5.32 Å². The van der Waals surface area contributed by atoms with Gasteiger partial charge in [-0.2, -0.15) is 0 Å². The Morgan fingerprint density at radius 1 is 0.952 bits per heavy atom. The minimum absolute atomic E-state index is 0.590. The van der Waals surface area contributed by atoms with Gasteiger partial charge in [0.1, 0.15) is 5.82 Å². The van der Waals surface area contributed by atoms with Gasteiger partial charge in [-0.3, -0.25) is 0 Å². The highest BCUT2D eigenvalue weighted by atomic mass is 15.0. The number of rotatable bonds is 12. The molecule has 1 aromatic heterocycles. The van der Waals surface area contributed by atoms with Crippen molar-refractivity contribution in [3.05, 3.63) is 23.9 Å². The Labute approximate surface area is 131 Å². The van der Waals surface area contributed by atoms with Crippen molar-refractivity contribution in [2.45, 2.75) is 91.0 Å². The van der Waals surface area contributed by atoms with Gasteiger partial charge in [0.15, 0.2) is 0 Å². The van der Waals surface area contributed by atoms with Gasteiger partial charge in [-0.1, -0.05) is 71.3 Å². The van der Waals surface area contributed by atoms with Crippen molar-refractivity contribution in [3.63, 3.8) is 0 Å². The molecule has 0 saturated heterocycles. The lowest BCUT2D eigenvalue weighted by atomic mass is 10.0. The Hall–Kier alpha value is -1.05. The Balaban J connectivity index is 2.44. The van der Waals surface area contributed by atoms with E-state index in [4.69, 9.17) is 0 Å². The molecular weight excluding hydrogens is 256 g/mol. The molecule has 0 aliphatic heterocycles. The summed E-state index contributed by atoms with van der Waals surface area (Å²) in [5.41, 5.74) is 1.25. The van der Waals surface area contributed by atoms with Crippen LogP contribution < -0.4 is 5.32 Å². The zero-order chi connectivity index (χ0) is 15.3. The summed E-state index contributed by atoms with van der Waals surface area (Å²) in [6.45, 7) is 6.69. The molecule has 0 radical (unpaired) electrons. The van der Waals surface area contributed by atoms with Gasteiger partial charge in [0.25, 0.3) is 0 Å². The zero-order valence-electron chi connectivity index (χ0n) is 14.3. The van der Waals surface area contributed by atoms with Crippen LogP contribution in [-0.4, -0.2) is 11.0 Å². The summed E-state index contributed by atoms with van der Waals surface area (Å²) in [4.78, 5) is 4.50. The lowest BCUT2D eigenvalue weighted by Crippen LogP contribution is -2.20. The molecule has 2 heteroatoms. The van der Waals surface area contributed by atoms with E-state index in [1.165, 1.54) is 69.8 Å². The van der Waals surface area contributed by atoms with Gasteiger partial charge in [-0.05, 0) is 31.4 Å². The SMILES string of the molecule is CCCCCCC(CCCCCC)Nc1ncccc1C. The van der Waals surface area contributed by atoms with Crippen LogP contribution in [0.1, 0.15) is 83.6 Å². The fourth-order valence-corrected chi connectivity index (χ4v) is 2.75. The van der Waals surface area contributed by atoms with Crippen molar-refractivity contribution in [1.29, 1.82) is 0 Å². The molecule has 0 unspecified atom stereocenters. The van der Waals surface area contributed by atoms with Gasteiger partial charge in [0.2, 0.25) is 0 Å². The second-order valence-corrected chi connectivity index (χ2v) is 6.21. The van der Waals surface area contributed by atoms with Crippen molar-refractivity contribution in [2.24, 2.45) is 0 Å². The fourth-order valence-electron chi connectivity index (χ4n) is 2.75. The fraction of sp³-hybridized carbons (Fsp3) is 0.737. The Kier molecular flexibility index (Phi) is 9.94. The Morgan fingerprint density at radius 3 is 2.10 bits per heavy atom. The Bertz CT molecular complexity index is 350. The monoisotopic (exact) mass is 290 g/mol. The van der Waals surface area contributed by atoms with Crippen molar-refractivity contribution in [3.8, 4) is 0 Å². The average Bonchev–Trinajstić information content (AvgIpc) is 2.50. The first-order valence-electron chi connectivity index (χ1n) is 8.96. The molecule has 0 spiro atoms. The van der Waals surface area contributed by atoms with Crippen LogP contribution in [0.4, 0.5) is 5.82 Å². The summed E-state index contributed by atoms with van der Waals surface area (Å²) in [6, 6.07) is 4.74. The molecule has 0 bridgehead atoms. The van der Waals surface area contributed by atoms with Crippen LogP contribution in [0.3, 0.4) is 0 Å². The number of hydrogen-bond acceptors (Lipinski definition) is 2. The van der Waals surface area contributed by atoms with E-state index in [-0.39, 0.29) is 0 Å². The van der Waals surface area contributed by atoms with E-state index in [1.54, 1.807) is 0 Å². The summed E-state index contributed by atoms with van der Waals surface area (Å²) < 4.78 is 0. The van der Waals surface area contributed by atoms with Gasteiger partial charge < -0.3 is 5.32 Å². The molecule has 0 aliphatic rings. The average molecular weight is 290 g/mol. The highest BCUT2D eigenvalue weighted by Crippen LogP contribution is 2.18. The Morgan fingerprint density at radius 2 is 1.57 bits per heavy atom. The third-order valence-electron chi connectivity index (χ3n) is 4.16. The van der Waals surface area contributed by atoms with E-state index in [2.05, 4.69) is 37.1 Å². The molecule has 0 saturated carbocycles. The predicted molar refractivity (Wildman–Crippen MR) is 93.9 cm³/mol. The molecule has 120 valence electrons. The minimum atomic E-state index is 0.590. The normalized spacial score (nSPS) is 11.0. The maximum atomic E-state index is 4.50. The number of nitrogens with one attached hydrogen (secondary N) is 1. The van der Waals surface area contributed by atoms with Gasteiger partial charge >= 0.3 is 0 Å². The standard InChI is InChI=1S/C19H34N2/c1-4-6-8-10-14-18(15-11-9-7-5-2)21-19-17(3)13-12-16-20-19/h12-13,16,18H,4-11,14-15H2,1-3H3,(H,20,21). The molecule has 0 atom stereocenters. The van der Waals surface area contributed by atoms with Gasteiger partial charge in [0, 0.05) is 12.2 Å². The molecular formula is C19H34N2. The van der Waals surface area contributed by atoms with Gasteiger partial charge in [0.05, 0.1) is 0 Å². The van der Waals surface area contributed by atoms with E-state index in [9.17, 15) is 0 Å². The molecule has 2 nitrogen and oxygen atoms in total. The number of pyridine rings is 1. The number of aromatic nitrogens is 1. The molecule has 0 aromatic carbocycles. The summed E-state index contributed by atoms with van der Waals surface area (Å²) in [5.74, 6) is 1.08. The molecule has 0 amide bonds. The summed E-state index contributed by atoms with van der Waals surface area (Å²) in [6.07, 6.45) is 15.2. The molecule has 0 fully saturated rings. The summed E-state index contributed by atoms with van der Waals surface area (Å²) in [5, 5.41) is 3.69. The third kappa shape index (κ3) is 8.08. The van der Waals surface area contributed by atoms with E-state index in [0.717, 1.165) is 5.82 Å². The van der Waals surface area contributed by atoms with Crippen LogP contribution in [0.15, 0.2) is 18.3 Å². The third-order valence-corrected chi connectivity index (χ3v) is 4.16. The van der Waals surface area contributed by atoms with E-state index in [0.29, 0.717) is 6.04 Å². The number of aryl methyl sites for hydroxylation is 1. The molecule has 1 aromatic rings. The van der Waals surface area contributed by atoms with Gasteiger partial charge in [-0.25, -0.2) is 4.98 Å². The lowest BCUT2D eigenvalue weighted by molar-refractivity contribution is 0.513. The second kappa shape index (κ2) is 11.6. The van der Waals surface area contributed by atoms with Crippen LogP contribution in [0.5, 0.6) is 0 Å². The first kappa shape index (κ1) is 18.0. The minimum Gasteiger partial charge on any atom is -0.367 e. The molecule has 21 heavy (non-hydrogen) atoms. The van der Waals surface area contributed by atoms with E-state index < -0.39 is 0 Å². The first-order valence-corrected chi connectivity index (χ1v) is 8.96. The maximum absolute atomic E-state index is 4.50. The second-order valence-electron chi connectivity index (χ2n) is 6.21. The molecule has 1 rings (SSSR count). The molecule has 1 heterocycles. The smallest absolute Gasteiger partial charge is 0.129 e. The zero-order valence-corrected chi connectivity index (χ0v) is 14.3. The molecule has 1 N–H and O–H groups in total.